The molecule has 1 aromatic carbocycles. The zero-order valence-corrected chi connectivity index (χ0v) is 10.6. The van der Waals surface area contributed by atoms with E-state index in [2.05, 4.69) is 5.32 Å². The van der Waals surface area contributed by atoms with E-state index in [1.54, 1.807) is 12.1 Å². The Morgan fingerprint density at radius 2 is 1.83 bits per heavy atom. The molecular formula is C13H19NO4. The molecule has 0 aromatic heterocycles. The molecule has 0 heterocycles. The predicted octanol–water partition coefficient (Wildman–Crippen LogP) is 2.01. The first-order valence-corrected chi connectivity index (χ1v) is 5.89. The van der Waals surface area contributed by atoms with Crippen LogP contribution in [0, 0.1) is 0 Å². The third-order valence-electron chi connectivity index (χ3n) is 2.00. The van der Waals surface area contributed by atoms with Crippen molar-refractivity contribution in [3.05, 3.63) is 29.8 Å². The van der Waals surface area contributed by atoms with Gasteiger partial charge in [0.2, 0.25) is 0 Å². The van der Waals surface area contributed by atoms with Crippen molar-refractivity contribution in [2.45, 2.75) is 26.7 Å². The minimum absolute atomic E-state index is 0.0149. The molecule has 0 saturated carbocycles. The molecular weight excluding hydrogens is 234 g/mol. The van der Waals surface area contributed by atoms with Crippen molar-refractivity contribution in [3.63, 3.8) is 0 Å². The molecule has 0 bridgehead atoms. The number of benzene rings is 1. The number of nitrogens with one attached hydrogen (secondary N) is 1. The van der Waals surface area contributed by atoms with Gasteiger partial charge in [-0.05, 0) is 18.6 Å². The summed E-state index contributed by atoms with van der Waals surface area (Å²) in [6.07, 6.45) is 0.385. The largest absolute Gasteiger partial charge is 0.507 e. The first kappa shape index (κ1) is 16.0. The molecule has 0 aliphatic carbocycles. The third-order valence-corrected chi connectivity index (χ3v) is 2.00. The number of carboxylic acid groups (broad SMARTS) is 1. The summed E-state index contributed by atoms with van der Waals surface area (Å²) in [5.74, 6) is -1.38. The molecule has 5 nitrogen and oxygen atoms in total. The Hall–Kier alpha value is -2.04. The van der Waals surface area contributed by atoms with Crippen molar-refractivity contribution in [3.8, 4) is 5.75 Å². The molecule has 0 fully saturated rings. The highest BCUT2D eigenvalue weighted by Crippen LogP contribution is 2.14. The number of phenols is 1. The van der Waals surface area contributed by atoms with Crippen molar-refractivity contribution in [2.75, 3.05) is 6.54 Å². The molecule has 0 saturated heterocycles. The average molecular weight is 253 g/mol. The Labute approximate surface area is 106 Å². The third kappa shape index (κ3) is 5.89. The topological polar surface area (TPSA) is 86.6 Å². The number of hydrogen-bond donors (Lipinski definition) is 3. The van der Waals surface area contributed by atoms with Crippen molar-refractivity contribution < 1.29 is 19.8 Å². The second-order valence-electron chi connectivity index (χ2n) is 3.27. The maximum absolute atomic E-state index is 11.5. The summed E-state index contributed by atoms with van der Waals surface area (Å²) < 4.78 is 0. The Morgan fingerprint density at radius 1 is 1.22 bits per heavy atom. The summed E-state index contributed by atoms with van der Waals surface area (Å²) >= 11 is 0. The van der Waals surface area contributed by atoms with Crippen LogP contribution in [0.4, 0.5) is 0 Å². The lowest BCUT2D eigenvalue weighted by Crippen LogP contribution is -2.24. The summed E-state index contributed by atoms with van der Waals surface area (Å²) in [5, 5.41) is 20.3. The van der Waals surface area contributed by atoms with Crippen LogP contribution in [0.2, 0.25) is 0 Å². The number of rotatable bonds is 5. The smallest absolute Gasteiger partial charge is 0.303 e. The zero-order chi connectivity index (χ0) is 14.0. The maximum atomic E-state index is 11.5. The normalized spacial score (nSPS) is 9.00. The van der Waals surface area contributed by atoms with Gasteiger partial charge in [-0.15, -0.1) is 0 Å². The monoisotopic (exact) mass is 253 g/mol. The zero-order valence-electron chi connectivity index (χ0n) is 10.6. The Kier molecular flexibility index (Phi) is 8.01. The fourth-order valence-electron chi connectivity index (χ4n) is 1.20. The second kappa shape index (κ2) is 9.04. The molecule has 1 amide bonds. The van der Waals surface area contributed by atoms with Crippen LogP contribution < -0.4 is 5.32 Å². The molecule has 100 valence electrons. The quantitative estimate of drug-likeness (QED) is 0.700. The first-order valence-electron chi connectivity index (χ1n) is 5.89. The number of para-hydroxylation sites is 1. The van der Waals surface area contributed by atoms with Gasteiger partial charge in [0.1, 0.15) is 5.75 Å². The van der Waals surface area contributed by atoms with Crippen LogP contribution in [-0.2, 0) is 4.79 Å². The van der Waals surface area contributed by atoms with Crippen LogP contribution in [-0.4, -0.2) is 28.6 Å². The van der Waals surface area contributed by atoms with E-state index in [-0.39, 0.29) is 24.3 Å². The number of carboxylic acids is 1. The number of carbonyl (C=O) groups is 2. The van der Waals surface area contributed by atoms with Gasteiger partial charge >= 0.3 is 5.97 Å². The van der Waals surface area contributed by atoms with E-state index in [1.165, 1.54) is 12.1 Å². The van der Waals surface area contributed by atoms with Crippen LogP contribution in [0.1, 0.15) is 37.0 Å². The van der Waals surface area contributed by atoms with Gasteiger partial charge in [-0.25, -0.2) is 0 Å². The Morgan fingerprint density at radius 3 is 2.39 bits per heavy atom. The lowest BCUT2D eigenvalue weighted by molar-refractivity contribution is -0.137. The number of hydrogen-bond acceptors (Lipinski definition) is 3. The van der Waals surface area contributed by atoms with E-state index in [4.69, 9.17) is 5.11 Å². The van der Waals surface area contributed by atoms with Crippen LogP contribution in [0.25, 0.3) is 0 Å². The minimum atomic E-state index is -0.892. The SMILES string of the molecule is CC.O=C(O)CCCNC(=O)c1ccccc1O. The van der Waals surface area contributed by atoms with Crippen molar-refractivity contribution in [1.82, 2.24) is 5.32 Å². The summed E-state index contributed by atoms with van der Waals surface area (Å²) in [7, 11) is 0. The summed E-state index contributed by atoms with van der Waals surface area (Å²) in [5.41, 5.74) is 0.192. The maximum Gasteiger partial charge on any atom is 0.303 e. The van der Waals surface area contributed by atoms with Crippen LogP contribution in [0.15, 0.2) is 24.3 Å². The van der Waals surface area contributed by atoms with Gasteiger partial charge in [0.05, 0.1) is 5.56 Å². The molecule has 0 aliphatic heterocycles. The molecule has 0 spiro atoms. The molecule has 0 atom stereocenters. The van der Waals surface area contributed by atoms with E-state index in [1.807, 2.05) is 13.8 Å². The summed E-state index contributed by atoms with van der Waals surface area (Å²) in [6, 6.07) is 6.19. The number of amides is 1. The highest BCUT2D eigenvalue weighted by Gasteiger charge is 2.09. The van der Waals surface area contributed by atoms with Gasteiger partial charge in [-0.1, -0.05) is 26.0 Å². The fraction of sp³-hybridized carbons (Fsp3) is 0.385. The van der Waals surface area contributed by atoms with Gasteiger partial charge in [0.25, 0.3) is 5.91 Å². The van der Waals surface area contributed by atoms with E-state index in [0.29, 0.717) is 6.42 Å². The molecule has 0 radical (unpaired) electrons. The predicted molar refractivity (Wildman–Crippen MR) is 68.7 cm³/mol. The number of aliphatic carboxylic acids is 1. The molecule has 5 heteroatoms. The van der Waals surface area contributed by atoms with Crippen molar-refractivity contribution >= 4 is 11.9 Å². The van der Waals surface area contributed by atoms with Crippen molar-refractivity contribution in [2.24, 2.45) is 0 Å². The highest BCUT2D eigenvalue weighted by molar-refractivity contribution is 5.96. The molecule has 0 unspecified atom stereocenters. The van der Waals surface area contributed by atoms with Gasteiger partial charge in [-0.2, -0.15) is 0 Å². The van der Waals surface area contributed by atoms with Crippen LogP contribution >= 0.6 is 0 Å². The lowest BCUT2D eigenvalue weighted by atomic mass is 10.2. The molecule has 1 aromatic rings. The minimum Gasteiger partial charge on any atom is -0.507 e. The first-order chi connectivity index (χ1) is 8.61. The number of carbonyl (C=O) groups excluding carboxylic acids is 1. The standard InChI is InChI=1S/C11H13NO4.C2H6/c13-9-5-2-1-4-8(9)11(16)12-7-3-6-10(14)15;1-2/h1-2,4-5,13H,3,6-7H2,(H,12,16)(H,14,15);1-2H3. The van der Waals surface area contributed by atoms with E-state index in [9.17, 15) is 14.7 Å². The van der Waals surface area contributed by atoms with Crippen LogP contribution in [0.5, 0.6) is 5.75 Å². The number of phenolic OH excluding ortho intramolecular Hbond substituents is 1. The molecule has 1 rings (SSSR count). The molecule has 3 N–H and O–H groups in total. The average Bonchev–Trinajstić information content (AvgIpc) is 2.37. The summed E-state index contributed by atoms with van der Waals surface area (Å²) in [6.45, 7) is 4.28. The van der Waals surface area contributed by atoms with E-state index < -0.39 is 11.9 Å². The van der Waals surface area contributed by atoms with Crippen LogP contribution in [0.3, 0.4) is 0 Å². The fourth-order valence-corrected chi connectivity index (χ4v) is 1.20. The van der Waals surface area contributed by atoms with E-state index >= 15 is 0 Å². The molecule has 0 aliphatic rings. The van der Waals surface area contributed by atoms with Crippen molar-refractivity contribution in [1.29, 1.82) is 0 Å². The number of aromatic hydroxyl groups is 1. The molecule has 18 heavy (non-hydrogen) atoms. The van der Waals surface area contributed by atoms with Gasteiger partial charge < -0.3 is 15.5 Å². The van der Waals surface area contributed by atoms with Gasteiger partial charge in [0.15, 0.2) is 0 Å². The van der Waals surface area contributed by atoms with Gasteiger partial charge in [0, 0.05) is 13.0 Å². The lowest BCUT2D eigenvalue weighted by Gasteiger charge is -2.05. The summed E-state index contributed by atoms with van der Waals surface area (Å²) in [4.78, 5) is 21.7. The Balaban J connectivity index is 0.00000137. The van der Waals surface area contributed by atoms with E-state index in [0.717, 1.165) is 0 Å². The second-order valence-corrected chi connectivity index (χ2v) is 3.27. The van der Waals surface area contributed by atoms with Gasteiger partial charge in [-0.3, -0.25) is 9.59 Å². The highest BCUT2D eigenvalue weighted by atomic mass is 16.4. The Bertz CT molecular complexity index is 390.